The zero-order valence-corrected chi connectivity index (χ0v) is 11.5. The van der Waals surface area contributed by atoms with Gasteiger partial charge in [0.25, 0.3) is 0 Å². The van der Waals surface area contributed by atoms with Crippen LogP contribution in [0.2, 0.25) is 0 Å². The number of rotatable bonds is 4. The minimum Gasteiger partial charge on any atom is -0.310 e. The molecule has 0 saturated carbocycles. The molecule has 1 aliphatic heterocycles. The first-order valence-corrected chi connectivity index (χ1v) is 7.57. The van der Waals surface area contributed by atoms with E-state index in [0.29, 0.717) is 6.54 Å². The third-order valence-electron chi connectivity index (χ3n) is 3.20. The molecule has 0 aromatic heterocycles. The third-order valence-corrected chi connectivity index (χ3v) is 4.68. The summed E-state index contributed by atoms with van der Waals surface area (Å²) in [6.45, 7) is 3.43. The van der Waals surface area contributed by atoms with Crippen LogP contribution in [0, 0.1) is 0 Å². The summed E-state index contributed by atoms with van der Waals surface area (Å²) in [5.41, 5.74) is 1.81. The van der Waals surface area contributed by atoms with E-state index in [2.05, 4.69) is 17.0 Å². The Hall–Kier alpha value is -1.11. The molecular formula is C12H19N3O2S. The molecule has 1 heterocycles. The van der Waals surface area contributed by atoms with Crippen LogP contribution in [0.4, 0.5) is 5.69 Å². The molecule has 1 aromatic carbocycles. The van der Waals surface area contributed by atoms with Crippen LogP contribution in [-0.4, -0.2) is 28.6 Å². The summed E-state index contributed by atoms with van der Waals surface area (Å²) >= 11 is 0. The molecule has 1 aromatic rings. The van der Waals surface area contributed by atoms with Crippen LogP contribution in [-0.2, 0) is 10.2 Å². The van der Waals surface area contributed by atoms with Crippen molar-refractivity contribution in [2.24, 2.45) is 0 Å². The molecule has 0 amide bonds. The fraction of sp³-hybridized carbons (Fsp3) is 0.500. The van der Waals surface area contributed by atoms with E-state index in [0.717, 1.165) is 24.2 Å². The van der Waals surface area contributed by atoms with Crippen LogP contribution in [0.1, 0.15) is 24.9 Å². The first kappa shape index (κ1) is 13.3. The molecule has 0 bridgehead atoms. The van der Waals surface area contributed by atoms with Crippen LogP contribution in [0.25, 0.3) is 0 Å². The number of benzene rings is 1. The highest BCUT2D eigenvalue weighted by molar-refractivity contribution is 7.90. The van der Waals surface area contributed by atoms with Crippen molar-refractivity contribution in [3.8, 4) is 0 Å². The van der Waals surface area contributed by atoms with Crippen molar-refractivity contribution < 1.29 is 8.42 Å². The molecule has 0 radical (unpaired) electrons. The number of hydrogen-bond donors (Lipinski definition) is 2. The second-order valence-corrected chi connectivity index (χ2v) is 6.04. The summed E-state index contributed by atoms with van der Waals surface area (Å²) < 4.78 is 27.8. The van der Waals surface area contributed by atoms with E-state index in [1.165, 1.54) is 11.4 Å². The average molecular weight is 269 g/mol. The van der Waals surface area contributed by atoms with Gasteiger partial charge in [0.1, 0.15) is 0 Å². The maximum absolute atomic E-state index is 12.0. The van der Waals surface area contributed by atoms with Gasteiger partial charge < -0.3 is 5.32 Å². The van der Waals surface area contributed by atoms with Gasteiger partial charge in [0.15, 0.2) is 0 Å². The topological polar surface area (TPSA) is 61.4 Å². The normalized spacial score (nSPS) is 19.7. The number of fused-ring (bicyclic) bond motifs is 1. The van der Waals surface area contributed by atoms with Crippen molar-refractivity contribution >= 4 is 15.9 Å². The summed E-state index contributed by atoms with van der Waals surface area (Å²) in [5.74, 6) is 0. The maximum atomic E-state index is 12.0. The Balaban J connectivity index is 2.42. The lowest BCUT2D eigenvalue weighted by Gasteiger charge is -2.34. The Kier molecular flexibility index (Phi) is 3.89. The van der Waals surface area contributed by atoms with E-state index in [1.807, 2.05) is 24.3 Å². The van der Waals surface area contributed by atoms with Gasteiger partial charge in [-0.1, -0.05) is 25.1 Å². The second-order valence-electron chi connectivity index (χ2n) is 4.24. The molecule has 0 spiro atoms. The minimum atomic E-state index is -3.42. The number of nitrogens with one attached hydrogen (secondary N) is 2. The van der Waals surface area contributed by atoms with Crippen molar-refractivity contribution in [1.82, 2.24) is 10.0 Å². The van der Waals surface area contributed by atoms with E-state index in [-0.39, 0.29) is 6.04 Å². The fourth-order valence-electron chi connectivity index (χ4n) is 2.35. The summed E-state index contributed by atoms with van der Waals surface area (Å²) in [6, 6.07) is 7.88. The Labute approximate surface area is 108 Å². The van der Waals surface area contributed by atoms with Crippen LogP contribution in [0.15, 0.2) is 24.3 Å². The molecule has 6 heteroatoms. The summed E-state index contributed by atoms with van der Waals surface area (Å²) in [6.07, 6.45) is 0.783. The zero-order chi connectivity index (χ0) is 13.2. The molecular weight excluding hydrogens is 250 g/mol. The molecule has 1 aliphatic rings. The SMILES string of the molecule is CCNC1CCN(S(=O)(=O)NC)c2ccccc21. The summed E-state index contributed by atoms with van der Waals surface area (Å²) in [4.78, 5) is 0. The van der Waals surface area contributed by atoms with Crippen molar-refractivity contribution in [2.75, 3.05) is 24.4 Å². The lowest BCUT2D eigenvalue weighted by atomic mass is 9.98. The maximum Gasteiger partial charge on any atom is 0.301 e. The minimum absolute atomic E-state index is 0.231. The van der Waals surface area contributed by atoms with Crippen LogP contribution in [0.5, 0.6) is 0 Å². The zero-order valence-electron chi connectivity index (χ0n) is 10.7. The molecule has 1 unspecified atom stereocenters. The van der Waals surface area contributed by atoms with E-state index >= 15 is 0 Å². The first-order chi connectivity index (χ1) is 8.60. The van der Waals surface area contributed by atoms with E-state index < -0.39 is 10.2 Å². The van der Waals surface area contributed by atoms with Gasteiger partial charge in [0.2, 0.25) is 0 Å². The average Bonchev–Trinajstić information content (AvgIpc) is 2.39. The molecule has 1 atom stereocenters. The number of para-hydroxylation sites is 1. The quantitative estimate of drug-likeness (QED) is 0.857. The highest BCUT2D eigenvalue weighted by atomic mass is 32.2. The fourth-order valence-corrected chi connectivity index (χ4v) is 3.34. The van der Waals surface area contributed by atoms with E-state index in [4.69, 9.17) is 0 Å². The predicted molar refractivity (Wildman–Crippen MR) is 72.8 cm³/mol. The van der Waals surface area contributed by atoms with Gasteiger partial charge >= 0.3 is 10.2 Å². The lowest BCUT2D eigenvalue weighted by Crippen LogP contribution is -2.44. The third kappa shape index (κ3) is 2.36. The number of hydrogen-bond acceptors (Lipinski definition) is 3. The molecule has 0 aliphatic carbocycles. The summed E-state index contributed by atoms with van der Waals surface area (Å²) in [7, 11) is -1.98. The molecule has 18 heavy (non-hydrogen) atoms. The van der Waals surface area contributed by atoms with E-state index in [9.17, 15) is 8.42 Å². The molecule has 5 nitrogen and oxygen atoms in total. The van der Waals surface area contributed by atoms with Crippen molar-refractivity contribution in [1.29, 1.82) is 0 Å². The second kappa shape index (κ2) is 5.26. The number of nitrogens with zero attached hydrogens (tertiary/aromatic N) is 1. The molecule has 0 saturated heterocycles. The Morgan fingerprint density at radius 3 is 2.78 bits per heavy atom. The Morgan fingerprint density at radius 2 is 2.11 bits per heavy atom. The molecule has 2 rings (SSSR count). The van der Waals surface area contributed by atoms with Gasteiger partial charge in [0.05, 0.1) is 5.69 Å². The van der Waals surface area contributed by atoms with Crippen LogP contribution >= 0.6 is 0 Å². The first-order valence-electron chi connectivity index (χ1n) is 6.13. The number of anilines is 1. The van der Waals surface area contributed by atoms with Gasteiger partial charge in [-0.25, -0.2) is 4.72 Å². The van der Waals surface area contributed by atoms with Crippen molar-refractivity contribution in [3.05, 3.63) is 29.8 Å². The van der Waals surface area contributed by atoms with Crippen LogP contribution in [0.3, 0.4) is 0 Å². The highest BCUT2D eigenvalue weighted by Crippen LogP contribution is 2.34. The molecule has 2 N–H and O–H groups in total. The molecule has 0 fully saturated rings. The highest BCUT2D eigenvalue weighted by Gasteiger charge is 2.30. The lowest BCUT2D eigenvalue weighted by molar-refractivity contribution is 0.501. The van der Waals surface area contributed by atoms with Crippen molar-refractivity contribution in [2.45, 2.75) is 19.4 Å². The Morgan fingerprint density at radius 1 is 1.39 bits per heavy atom. The van der Waals surface area contributed by atoms with E-state index in [1.54, 1.807) is 0 Å². The predicted octanol–water partition coefficient (Wildman–Crippen LogP) is 1.01. The Bertz CT molecular complexity index is 516. The van der Waals surface area contributed by atoms with Crippen molar-refractivity contribution in [3.63, 3.8) is 0 Å². The van der Waals surface area contributed by atoms with Crippen LogP contribution < -0.4 is 14.3 Å². The van der Waals surface area contributed by atoms with Gasteiger partial charge in [-0.15, -0.1) is 0 Å². The smallest absolute Gasteiger partial charge is 0.301 e. The standard InChI is InChI=1S/C12H19N3O2S/c1-3-14-11-8-9-15(18(16,17)13-2)12-7-5-4-6-10(11)12/h4-7,11,13-14H,3,8-9H2,1-2H3. The van der Waals surface area contributed by atoms with Gasteiger partial charge in [0, 0.05) is 19.6 Å². The van der Waals surface area contributed by atoms with Gasteiger partial charge in [-0.05, 0) is 24.6 Å². The van der Waals surface area contributed by atoms with Gasteiger partial charge in [-0.3, -0.25) is 4.31 Å². The summed E-state index contributed by atoms with van der Waals surface area (Å²) in [5, 5.41) is 3.39. The van der Waals surface area contributed by atoms with Gasteiger partial charge in [-0.2, -0.15) is 8.42 Å². The molecule has 100 valence electrons. The largest absolute Gasteiger partial charge is 0.310 e. The monoisotopic (exact) mass is 269 g/mol.